The summed E-state index contributed by atoms with van der Waals surface area (Å²) in [6.45, 7) is 0. The smallest absolute Gasteiger partial charge is 0.319 e. The number of urea groups is 1. The zero-order chi connectivity index (χ0) is 18.0. The molecule has 132 valence electrons. The third kappa shape index (κ3) is 3.78. The van der Waals surface area contributed by atoms with Gasteiger partial charge in [-0.15, -0.1) is 0 Å². The Bertz CT molecular complexity index is 807. The molecule has 0 unspecified atom stereocenters. The predicted molar refractivity (Wildman–Crippen MR) is 99.1 cm³/mol. The average Bonchev–Trinajstić information content (AvgIpc) is 3.38. The van der Waals surface area contributed by atoms with Crippen LogP contribution in [-0.4, -0.2) is 20.3 Å². The summed E-state index contributed by atoms with van der Waals surface area (Å²) in [6, 6.07) is 10.3. The highest BCUT2D eigenvalue weighted by atomic mass is 35.5. The van der Waals surface area contributed by atoms with E-state index in [2.05, 4.69) is 10.6 Å². The van der Waals surface area contributed by atoms with Gasteiger partial charge in [-0.1, -0.05) is 29.3 Å². The van der Waals surface area contributed by atoms with Gasteiger partial charge in [0.1, 0.15) is 0 Å². The third-order valence-electron chi connectivity index (χ3n) is 4.22. The topological polar surface area (TPSA) is 59.6 Å². The fourth-order valence-electron chi connectivity index (χ4n) is 2.70. The quantitative estimate of drug-likeness (QED) is 0.781. The Morgan fingerprint density at radius 2 is 1.72 bits per heavy atom. The van der Waals surface area contributed by atoms with Gasteiger partial charge >= 0.3 is 6.03 Å². The number of rotatable bonds is 5. The first-order valence-electron chi connectivity index (χ1n) is 7.74. The van der Waals surface area contributed by atoms with E-state index >= 15 is 0 Å². The van der Waals surface area contributed by atoms with Crippen molar-refractivity contribution in [1.29, 1.82) is 0 Å². The van der Waals surface area contributed by atoms with Gasteiger partial charge in [-0.25, -0.2) is 4.79 Å². The molecule has 0 bridgehead atoms. The summed E-state index contributed by atoms with van der Waals surface area (Å²) in [5.41, 5.74) is 1.17. The minimum Gasteiger partial charge on any atom is -0.493 e. The second-order valence-electron chi connectivity index (χ2n) is 5.86. The van der Waals surface area contributed by atoms with Crippen LogP contribution in [0.1, 0.15) is 18.4 Å². The van der Waals surface area contributed by atoms with Gasteiger partial charge in [0.05, 0.1) is 29.8 Å². The van der Waals surface area contributed by atoms with Crippen LogP contribution in [0.5, 0.6) is 11.5 Å². The number of benzene rings is 2. The molecule has 0 aromatic heterocycles. The molecule has 0 saturated heterocycles. The van der Waals surface area contributed by atoms with Gasteiger partial charge in [0.25, 0.3) is 0 Å². The summed E-state index contributed by atoms with van der Waals surface area (Å²) in [6.07, 6.45) is 1.72. The van der Waals surface area contributed by atoms with Crippen molar-refractivity contribution in [3.05, 3.63) is 52.0 Å². The Morgan fingerprint density at radius 3 is 2.32 bits per heavy atom. The lowest BCUT2D eigenvalue weighted by atomic mass is 10.0. The van der Waals surface area contributed by atoms with E-state index in [1.807, 2.05) is 18.2 Å². The lowest BCUT2D eigenvalue weighted by Gasteiger charge is -2.20. The Hall–Kier alpha value is -2.11. The molecule has 2 aromatic carbocycles. The van der Waals surface area contributed by atoms with Gasteiger partial charge in [-0.3, -0.25) is 0 Å². The van der Waals surface area contributed by atoms with Gasteiger partial charge in [0.2, 0.25) is 0 Å². The van der Waals surface area contributed by atoms with Gasteiger partial charge in [-0.2, -0.15) is 0 Å². The van der Waals surface area contributed by atoms with E-state index < -0.39 is 0 Å². The van der Waals surface area contributed by atoms with Crippen molar-refractivity contribution in [3.63, 3.8) is 0 Å². The second kappa shape index (κ2) is 7.02. The minimum absolute atomic E-state index is 0.300. The molecule has 25 heavy (non-hydrogen) atoms. The molecule has 1 fully saturated rings. The van der Waals surface area contributed by atoms with Crippen molar-refractivity contribution < 1.29 is 14.3 Å². The fraction of sp³-hybridized carbons (Fsp3) is 0.278. The zero-order valence-electron chi connectivity index (χ0n) is 13.9. The maximum absolute atomic E-state index is 12.4. The van der Waals surface area contributed by atoms with Crippen LogP contribution in [0.2, 0.25) is 10.0 Å². The Balaban J connectivity index is 1.73. The predicted octanol–water partition coefficient (Wildman–Crippen LogP) is 4.82. The van der Waals surface area contributed by atoms with E-state index in [9.17, 15) is 4.79 Å². The summed E-state index contributed by atoms with van der Waals surface area (Å²) in [5.74, 6) is 1.29. The van der Waals surface area contributed by atoms with E-state index in [0.717, 1.165) is 18.4 Å². The van der Waals surface area contributed by atoms with Crippen molar-refractivity contribution in [2.75, 3.05) is 19.5 Å². The maximum Gasteiger partial charge on any atom is 0.319 e. The number of nitrogens with one attached hydrogen (secondary N) is 2. The van der Waals surface area contributed by atoms with Gasteiger partial charge < -0.3 is 20.1 Å². The molecule has 1 saturated carbocycles. The number of amides is 2. The molecule has 0 aliphatic heterocycles. The molecule has 2 amide bonds. The van der Waals surface area contributed by atoms with Crippen LogP contribution in [0.4, 0.5) is 10.5 Å². The van der Waals surface area contributed by atoms with Crippen molar-refractivity contribution in [1.82, 2.24) is 5.32 Å². The lowest BCUT2D eigenvalue weighted by Crippen LogP contribution is -2.38. The number of methoxy groups -OCH3 is 2. The highest BCUT2D eigenvalue weighted by molar-refractivity contribution is 6.42. The van der Waals surface area contributed by atoms with Crippen LogP contribution in [0.15, 0.2) is 36.4 Å². The number of anilines is 1. The van der Waals surface area contributed by atoms with Crippen LogP contribution in [0.25, 0.3) is 0 Å². The van der Waals surface area contributed by atoms with Crippen molar-refractivity contribution in [3.8, 4) is 11.5 Å². The van der Waals surface area contributed by atoms with Crippen molar-refractivity contribution in [2.24, 2.45) is 0 Å². The molecular formula is C18H18Cl2N2O3. The van der Waals surface area contributed by atoms with Gasteiger partial charge in [0, 0.05) is 5.69 Å². The molecule has 2 N–H and O–H groups in total. The molecule has 1 aliphatic carbocycles. The summed E-state index contributed by atoms with van der Waals surface area (Å²) < 4.78 is 10.6. The van der Waals surface area contributed by atoms with Crippen LogP contribution in [-0.2, 0) is 5.54 Å². The number of halogens is 2. The molecule has 0 atom stereocenters. The first kappa shape index (κ1) is 17.7. The highest BCUT2D eigenvalue weighted by Gasteiger charge is 2.46. The summed E-state index contributed by atoms with van der Waals surface area (Å²) in [4.78, 5) is 12.4. The monoisotopic (exact) mass is 380 g/mol. The third-order valence-corrected chi connectivity index (χ3v) is 4.96. The number of ether oxygens (including phenoxy) is 2. The standard InChI is InChI=1S/C18H18Cl2N2O3/c1-24-15-6-3-11(9-16(15)25-2)18(7-8-18)22-17(23)21-12-4-5-13(19)14(20)10-12/h3-6,9-10H,7-8H2,1-2H3,(H2,21,22,23). The number of carbonyl (C=O) groups excluding carboxylic acids is 1. The Labute approximate surface area is 156 Å². The molecule has 7 heteroatoms. The number of hydrogen-bond donors (Lipinski definition) is 2. The first-order chi connectivity index (χ1) is 12.0. The maximum atomic E-state index is 12.4. The highest BCUT2D eigenvalue weighted by Crippen LogP contribution is 2.47. The Kier molecular flexibility index (Phi) is 4.97. The van der Waals surface area contributed by atoms with Crippen molar-refractivity contribution in [2.45, 2.75) is 18.4 Å². The van der Waals surface area contributed by atoms with Gasteiger partial charge in [-0.05, 0) is 48.7 Å². The molecule has 0 heterocycles. The molecular weight excluding hydrogens is 363 g/mol. The van der Waals surface area contributed by atoms with E-state index in [1.54, 1.807) is 32.4 Å². The summed E-state index contributed by atoms with van der Waals surface area (Å²) >= 11 is 11.9. The second-order valence-corrected chi connectivity index (χ2v) is 6.67. The number of hydrogen-bond acceptors (Lipinski definition) is 3. The molecule has 2 aromatic rings. The summed E-state index contributed by atoms with van der Waals surface area (Å²) in [5, 5.41) is 6.64. The molecule has 5 nitrogen and oxygen atoms in total. The molecule has 1 aliphatic rings. The normalized spacial score (nSPS) is 14.6. The van der Waals surface area contributed by atoms with E-state index in [0.29, 0.717) is 27.2 Å². The van der Waals surface area contributed by atoms with Crippen LogP contribution in [0, 0.1) is 0 Å². The largest absolute Gasteiger partial charge is 0.493 e. The SMILES string of the molecule is COc1ccc(C2(NC(=O)Nc3ccc(Cl)c(Cl)c3)CC2)cc1OC. The van der Waals surface area contributed by atoms with Crippen LogP contribution >= 0.6 is 23.2 Å². The molecule has 0 spiro atoms. The van der Waals surface area contributed by atoms with Crippen LogP contribution < -0.4 is 20.1 Å². The summed E-state index contributed by atoms with van der Waals surface area (Å²) in [7, 11) is 3.18. The van der Waals surface area contributed by atoms with Crippen molar-refractivity contribution >= 4 is 34.9 Å². The molecule has 3 rings (SSSR count). The van der Waals surface area contributed by atoms with Crippen LogP contribution in [0.3, 0.4) is 0 Å². The fourth-order valence-corrected chi connectivity index (χ4v) is 3.00. The molecule has 0 radical (unpaired) electrons. The first-order valence-corrected chi connectivity index (χ1v) is 8.50. The average molecular weight is 381 g/mol. The van der Waals surface area contributed by atoms with Gasteiger partial charge in [0.15, 0.2) is 11.5 Å². The van der Waals surface area contributed by atoms with E-state index in [-0.39, 0.29) is 11.6 Å². The minimum atomic E-state index is -0.389. The van der Waals surface area contributed by atoms with E-state index in [4.69, 9.17) is 32.7 Å². The lowest BCUT2D eigenvalue weighted by molar-refractivity contribution is 0.247. The Morgan fingerprint density at radius 1 is 1.00 bits per heavy atom. The van der Waals surface area contributed by atoms with E-state index in [1.165, 1.54) is 0 Å². The zero-order valence-corrected chi connectivity index (χ0v) is 15.4. The number of carbonyl (C=O) groups is 1.